The van der Waals surface area contributed by atoms with Crippen LogP contribution in [0.3, 0.4) is 0 Å². The third kappa shape index (κ3) is 10.9. The second-order valence-electron chi connectivity index (χ2n) is 12.2. The number of halogens is 3. The van der Waals surface area contributed by atoms with Crippen LogP contribution in [-0.2, 0) is 21.3 Å². The molecule has 0 aliphatic carbocycles. The number of hydrogen-bond acceptors (Lipinski definition) is 4. The van der Waals surface area contributed by atoms with Crippen LogP contribution in [0.15, 0.2) is 91.0 Å². The molecule has 7 nitrogen and oxygen atoms in total. The number of anilines is 1. The van der Waals surface area contributed by atoms with Gasteiger partial charge in [-0.1, -0.05) is 116 Å². The van der Waals surface area contributed by atoms with Crippen molar-refractivity contribution in [3.8, 4) is 11.1 Å². The van der Waals surface area contributed by atoms with Crippen molar-refractivity contribution in [2.24, 2.45) is 5.41 Å². The lowest BCUT2D eigenvalue weighted by atomic mass is 9.89. The molecule has 0 bridgehead atoms. The summed E-state index contributed by atoms with van der Waals surface area (Å²) in [6.45, 7) is 6.13. The molecule has 0 aliphatic rings. The second kappa shape index (κ2) is 15.5. The van der Waals surface area contributed by atoms with Gasteiger partial charge in [0, 0.05) is 27.7 Å². The van der Waals surface area contributed by atoms with Gasteiger partial charge in [0.25, 0.3) is 16.0 Å². The molecule has 0 aromatic heterocycles. The molecular weight excluding hydrogens is 679 g/mol. The van der Waals surface area contributed by atoms with Gasteiger partial charge in [0.15, 0.2) is 0 Å². The first kappa shape index (κ1) is 36.2. The number of rotatable bonds is 11. The first-order chi connectivity index (χ1) is 22.1. The molecule has 0 saturated heterocycles. The number of carbonyl (C=O) groups is 2. The lowest BCUT2D eigenvalue weighted by Crippen LogP contribution is -2.28. The molecule has 246 valence electrons. The fourth-order valence-corrected chi connectivity index (χ4v) is 5.75. The molecule has 3 N–H and O–H groups in total. The quantitative estimate of drug-likeness (QED) is 0.134. The van der Waals surface area contributed by atoms with Crippen LogP contribution in [0.2, 0.25) is 15.1 Å². The standard InChI is InChI=1S/C36H35Cl3N2O5S/c1-36(2,3)17-16-23-4-8-25(9-5-23)30(20-24-6-10-26(11-7-24)34(42)40-18-19-47(44,45)46)35(43)41-33-21-27(12-15-31(33)38)29-14-13-28(37)22-32(29)39/h4-17,21-22,30H,18-20H2,1-3H3,(H,40,42)(H,41,43)(H,44,45,46). The van der Waals surface area contributed by atoms with Gasteiger partial charge in [-0.3, -0.25) is 14.1 Å². The molecule has 4 rings (SSSR count). The Morgan fingerprint density at radius 3 is 2.17 bits per heavy atom. The summed E-state index contributed by atoms with van der Waals surface area (Å²) in [5.74, 6) is -1.97. The van der Waals surface area contributed by atoms with Crippen LogP contribution >= 0.6 is 34.8 Å². The van der Waals surface area contributed by atoms with Crippen molar-refractivity contribution >= 4 is 68.5 Å². The molecule has 0 saturated carbocycles. The highest BCUT2D eigenvalue weighted by molar-refractivity contribution is 7.85. The molecule has 0 aliphatic heterocycles. The van der Waals surface area contributed by atoms with E-state index in [1.807, 2.05) is 36.4 Å². The van der Waals surface area contributed by atoms with E-state index in [4.69, 9.17) is 39.4 Å². The molecule has 2 amide bonds. The third-order valence-corrected chi connectivity index (χ3v) is 8.80. The Bertz CT molecular complexity index is 1890. The highest BCUT2D eigenvalue weighted by atomic mass is 35.5. The van der Waals surface area contributed by atoms with Gasteiger partial charge in [0.05, 0.1) is 22.4 Å². The summed E-state index contributed by atoms with van der Waals surface area (Å²) < 4.78 is 30.8. The Kier molecular flexibility index (Phi) is 11.9. The number of carbonyl (C=O) groups excluding carboxylic acids is 2. The highest BCUT2D eigenvalue weighted by Gasteiger charge is 2.23. The Balaban J connectivity index is 1.60. The van der Waals surface area contributed by atoms with E-state index in [2.05, 4.69) is 37.5 Å². The summed E-state index contributed by atoms with van der Waals surface area (Å²) in [5, 5.41) is 6.80. The maximum Gasteiger partial charge on any atom is 0.266 e. The van der Waals surface area contributed by atoms with Crippen LogP contribution in [0.4, 0.5) is 5.69 Å². The summed E-state index contributed by atoms with van der Waals surface area (Å²) in [7, 11) is -4.19. The molecular formula is C36H35Cl3N2O5S. The van der Waals surface area contributed by atoms with Gasteiger partial charge in [0.1, 0.15) is 0 Å². The highest BCUT2D eigenvalue weighted by Crippen LogP contribution is 2.35. The Labute approximate surface area is 290 Å². The van der Waals surface area contributed by atoms with E-state index in [0.717, 1.165) is 27.8 Å². The van der Waals surface area contributed by atoms with E-state index in [1.54, 1.807) is 54.6 Å². The Hall–Kier alpha value is -3.66. The van der Waals surface area contributed by atoms with E-state index < -0.39 is 27.7 Å². The zero-order valence-corrected chi connectivity index (χ0v) is 29.1. The van der Waals surface area contributed by atoms with Crippen molar-refractivity contribution in [2.45, 2.75) is 33.1 Å². The van der Waals surface area contributed by atoms with Crippen molar-refractivity contribution in [1.82, 2.24) is 5.32 Å². The van der Waals surface area contributed by atoms with E-state index >= 15 is 0 Å². The average Bonchev–Trinajstić information content (AvgIpc) is 2.99. The topological polar surface area (TPSA) is 113 Å². The van der Waals surface area contributed by atoms with Gasteiger partial charge in [0.2, 0.25) is 5.91 Å². The minimum absolute atomic E-state index is 0.0186. The van der Waals surface area contributed by atoms with Crippen molar-refractivity contribution in [2.75, 3.05) is 17.6 Å². The molecule has 0 fully saturated rings. The summed E-state index contributed by atoms with van der Waals surface area (Å²) in [4.78, 5) is 26.4. The summed E-state index contributed by atoms with van der Waals surface area (Å²) in [5.41, 5.74) is 4.83. The maximum absolute atomic E-state index is 14.0. The van der Waals surface area contributed by atoms with Gasteiger partial charge in [-0.2, -0.15) is 8.42 Å². The fourth-order valence-electron chi connectivity index (χ4n) is 4.70. The minimum Gasteiger partial charge on any atom is -0.351 e. The Morgan fingerprint density at radius 2 is 1.55 bits per heavy atom. The molecule has 4 aromatic carbocycles. The predicted octanol–water partition coefficient (Wildman–Crippen LogP) is 8.96. The molecule has 0 radical (unpaired) electrons. The van der Waals surface area contributed by atoms with Gasteiger partial charge >= 0.3 is 0 Å². The molecule has 1 unspecified atom stereocenters. The van der Waals surface area contributed by atoms with Crippen LogP contribution in [0, 0.1) is 5.41 Å². The molecule has 4 aromatic rings. The number of benzene rings is 4. The first-order valence-electron chi connectivity index (χ1n) is 14.8. The van der Waals surface area contributed by atoms with Crippen LogP contribution in [-0.4, -0.2) is 37.1 Å². The number of hydrogen-bond donors (Lipinski definition) is 3. The molecule has 0 spiro atoms. The zero-order chi connectivity index (χ0) is 34.4. The predicted molar refractivity (Wildman–Crippen MR) is 192 cm³/mol. The average molecular weight is 714 g/mol. The van der Waals surface area contributed by atoms with Crippen molar-refractivity contribution < 1.29 is 22.6 Å². The van der Waals surface area contributed by atoms with Crippen LogP contribution < -0.4 is 10.6 Å². The Morgan fingerprint density at radius 1 is 0.872 bits per heavy atom. The summed E-state index contributed by atoms with van der Waals surface area (Å²) >= 11 is 19.1. The number of amides is 2. The largest absolute Gasteiger partial charge is 0.351 e. The van der Waals surface area contributed by atoms with Crippen molar-refractivity contribution in [3.05, 3.63) is 128 Å². The van der Waals surface area contributed by atoms with Crippen LogP contribution in [0.1, 0.15) is 53.7 Å². The van der Waals surface area contributed by atoms with Gasteiger partial charge in [-0.05, 0) is 70.5 Å². The molecule has 1 atom stereocenters. The fraction of sp³-hybridized carbons (Fsp3) is 0.222. The minimum atomic E-state index is -4.19. The van der Waals surface area contributed by atoms with Crippen LogP contribution in [0.25, 0.3) is 17.2 Å². The van der Waals surface area contributed by atoms with Gasteiger partial charge in [-0.25, -0.2) is 0 Å². The van der Waals surface area contributed by atoms with Crippen molar-refractivity contribution in [1.29, 1.82) is 0 Å². The number of nitrogens with one attached hydrogen (secondary N) is 2. The molecule has 11 heteroatoms. The van der Waals surface area contributed by atoms with E-state index in [9.17, 15) is 18.0 Å². The zero-order valence-electron chi connectivity index (χ0n) is 26.1. The SMILES string of the molecule is CC(C)(C)C=Cc1ccc(C(Cc2ccc(C(=O)NCCS(=O)(=O)O)cc2)C(=O)Nc2cc(-c3ccc(Cl)cc3Cl)ccc2Cl)cc1. The smallest absolute Gasteiger partial charge is 0.266 e. The summed E-state index contributed by atoms with van der Waals surface area (Å²) in [6, 6.07) is 24.9. The van der Waals surface area contributed by atoms with E-state index in [-0.39, 0.29) is 17.9 Å². The van der Waals surface area contributed by atoms with E-state index in [1.165, 1.54) is 0 Å². The maximum atomic E-state index is 14.0. The van der Waals surface area contributed by atoms with E-state index in [0.29, 0.717) is 32.7 Å². The first-order valence-corrected chi connectivity index (χ1v) is 17.5. The summed E-state index contributed by atoms with van der Waals surface area (Å²) in [6.07, 6.45) is 4.48. The molecule has 0 heterocycles. The van der Waals surface area contributed by atoms with Crippen molar-refractivity contribution in [3.63, 3.8) is 0 Å². The second-order valence-corrected chi connectivity index (χ2v) is 15.0. The van der Waals surface area contributed by atoms with Crippen LogP contribution in [0.5, 0.6) is 0 Å². The van der Waals surface area contributed by atoms with Gasteiger partial charge in [-0.15, -0.1) is 0 Å². The van der Waals surface area contributed by atoms with Gasteiger partial charge < -0.3 is 10.6 Å². The third-order valence-electron chi connectivity index (χ3n) is 7.20. The molecule has 47 heavy (non-hydrogen) atoms. The monoisotopic (exact) mass is 712 g/mol. The normalized spacial score (nSPS) is 12.6. The number of allylic oxidation sites excluding steroid dienone is 1. The lowest BCUT2D eigenvalue weighted by molar-refractivity contribution is -0.117. The lowest BCUT2D eigenvalue weighted by Gasteiger charge is -2.19.